The molecule has 0 spiro atoms. The third-order valence-electron chi connectivity index (χ3n) is 5.77. The molecular formula is C24H22F2N2O2S. The van der Waals surface area contributed by atoms with E-state index in [-0.39, 0.29) is 13.3 Å². The van der Waals surface area contributed by atoms with Crippen molar-refractivity contribution in [1.29, 1.82) is 0 Å². The topological polar surface area (TPSA) is 46.3 Å². The maximum Gasteiger partial charge on any atom is 0.259 e. The first-order chi connectivity index (χ1) is 15.0. The Bertz CT molecular complexity index is 1270. The van der Waals surface area contributed by atoms with E-state index in [9.17, 15) is 13.6 Å². The maximum atomic E-state index is 14.0. The molecule has 0 bridgehead atoms. The zero-order valence-corrected chi connectivity index (χ0v) is 17.7. The quantitative estimate of drug-likeness (QED) is 0.386. The molecule has 0 N–H and O–H groups in total. The zero-order chi connectivity index (χ0) is 21.5. The molecule has 1 aliphatic heterocycles. The summed E-state index contributed by atoms with van der Waals surface area (Å²) in [5.41, 5.74) is 1.91. The Hall–Kier alpha value is -3.06. The summed E-state index contributed by atoms with van der Waals surface area (Å²) in [7, 11) is 0. The van der Waals surface area contributed by atoms with E-state index in [1.54, 1.807) is 6.92 Å². The molecule has 2 aromatic carbocycles. The monoisotopic (exact) mass is 440 g/mol. The molecule has 7 heteroatoms. The molecule has 160 valence electrons. The second kappa shape index (κ2) is 7.89. The Morgan fingerprint density at radius 2 is 2.06 bits per heavy atom. The predicted molar refractivity (Wildman–Crippen MR) is 118 cm³/mol. The van der Waals surface area contributed by atoms with Crippen LogP contribution in [0.5, 0.6) is 0 Å². The highest BCUT2D eigenvalue weighted by molar-refractivity contribution is 7.19. The van der Waals surface area contributed by atoms with Gasteiger partial charge in [0.1, 0.15) is 28.7 Å². The van der Waals surface area contributed by atoms with Gasteiger partial charge >= 0.3 is 0 Å². The van der Waals surface area contributed by atoms with E-state index in [4.69, 9.17) is 4.52 Å². The van der Waals surface area contributed by atoms with Crippen LogP contribution in [0.3, 0.4) is 0 Å². The van der Waals surface area contributed by atoms with Gasteiger partial charge in [-0.25, -0.2) is 8.78 Å². The average Bonchev–Trinajstić information content (AvgIpc) is 3.47. The van der Waals surface area contributed by atoms with E-state index in [1.165, 1.54) is 17.4 Å². The lowest BCUT2D eigenvalue weighted by atomic mass is 10.0. The number of hydrogen-bond acceptors (Lipinski definition) is 4. The second-order valence-corrected chi connectivity index (χ2v) is 9.09. The summed E-state index contributed by atoms with van der Waals surface area (Å²) >= 11 is 1.36. The van der Waals surface area contributed by atoms with Gasteiger partial charge in [-0.3, -0.25) is 4.79 Å². The summed E-state index contributed by atoms with van der Waals surface area (Å²) in [6.45, 7) is 3.02. The number of thiophene rings is 1. The molecule has 31 heavy (non-hydrogen) atoms. The van der Waals surface area contributed by atoms with E-state index in [0.717, 1.165) is 29.3 Å². The fourth-order valence-corrected chi connectivity index (χ4v) is 5.43. The average molecular weight is 441 g/mol. The highest BCUT2D eigenvalue weighted by Gasteiger charge is 2.31. The number of rotatable bonds is 4. The van der Waals surface area contributed by atoms with E-state index < -0.39 is 11.6 Å². The van der Waals surface area contributed by atoms with Crippen molar-refractivity contribution in [3.05, 3.63) is 76.4 Å². The number of halogens is 2. The lowest BCUT2D eigenvalue weighted by molar-refractivity contribution is 0.0786. The third-order valence-corrected chi connectivity index (χ3v) is 6.96. The Kier molecular flexibility index (Phi) is 5.06. The molecule has 1 saturated heterocycles. The van der Waals surface area contributed by atoms with Crippen LogP contribution in [0.25, 0.3) is 21.3 Å². The molecule has 1 aliphatic rings. The summed E-state index contributed by atoms with van der Waals surface area (Å²) in [6.07, 6.45) is 1.60. The Balaban J connectivity index is 0.00000245. The number of hydrogen-bond donors (Lipinski definition) is 0. The smallest absolute Gasteiger partial charge is 0.259 e. The molecule has 0 aliphatic carbocycles. The zero-order valence-electron chi connectivity index (χ0n) is 16.9. The highest BCUT2D eigenvalue weighted by atomic mass is 32.1. The fourth-order valence-electron chi connectivity index (χ4n) is 4.27. The SMILES string of the molecule is Cc1onc(-c2ccccc2)c1C(=O)N1CC[C@@H](Cc2cc3cc(F)cc(F)c3s2)C1.[HH]. The van der Waals surface area contributed by atoms with Gasteiger partial charge in [0.25, 0.3) is 5.91 Å². The van der Waals surface area contributed by atoms with Gasteiger partial charge in [-0.05, 0) is 43.2 Å². The number of fused-ring (bicyclic) bond motifs is 1. The van der Waals surface area contributed by atoms with Crippen molar-refractivity contribution >= 4 is 27.3 Å². The normalized spacial score (nSPS) is 16.4. The molecule has 0 radical (unpaired) electrons. The van der Waals surface area contributed by atoms with Gasteiger partial charge in [0.05, 0.1) is 4.70 Å². The van der Waals surface area contributed by atoms with Crippen molar-refractivity contribution in [2.45, 2.75) is 19.8 Å². The predicted octanol–water partition coefficient (Wildman–Crippen LogP) is 6.09. The minimum absolute atomic E-state index is 0. The Labute approximate surface area is 183 Å². The standard InChI is InChI=1S/C24H20F2N2O2S.H2/c1-14-21(22(27-30-14)16-5-3-2-4-6-16)24(29)28-8-7-15(13-28)9-19-11-17-10-18(25)12-20(26)23(17)31-19;/h2-6,10-12,15H,7-9,13H2,1H3;1H/t15-;/m0./s1. The van der Waals surface area contributed by atoms with E-state index >= 15 is 0 Å². The van der Waals surface area contributed by atoms with Gasteiger partial charge in [0, 0.05) is 31.0 Å². The number of aryl methyl sites for hydroxylation is 1. The first kappa shape index (κ1) is 19.9. The van der Waals surface area contributed by atoms with Crippen molar-refractivity contribution in [3.63, 3.8) is 0 Å². The molecule has 4 aromatic rings. The number of likely N-dealkylation sites (tertiary alicyclic amines) is 1. The summed E-state index contributed by atoms with van der Waals surface area (Å²) in [6, 6.07) is 13.7. The van der Waals surface area contributed by atoms with Crippen LogP contribution < -0.4 is 0 Å². The number of benzene rings is 2. The first-order valence-corrected chi connectivity index (χ1v) is 11.0. The molecule has 1 atom stereocenters. The van der Waals surface area contributed by atoms with Crippen LogP contribution >= 0.6 is 11.3 Å². The Morgan fingerprint density at radius 1 is 1.26 bits per heavy atom. The second-order valence-electron chi connectivity index (χ2n) is 7.96. The van der Waals surface area contributed by atoms with Gasteiger partial charge in [-0.15, -0.1) is 11.3 Å². The highest BCUT2D eigenvalue weighted by Crippen LogP contribution is 2.33. The minimum Gasteiger partial charge on any atom is -0.360 e. The molecule has 2 aromatic heterocycles. The van der Waals surface area contributed by atoms with Crippen molar-refractivity contribution in [1.82, 2.24) is 10.1 Å². The van der Waals surface area contributed by atoms with Crippen LogP contribution in [0.2, 0.25) is 0 Å². The Morgan fingerprint density at radius 3 is 2.87 bits per heavy atom. The van der Waals surface area contributed by atoms with Gasteiger partial charge in [-0.2, -0.15) is 0 Å². The summed E-state index contributed by atoms with van der Waals surface area (Å²) in [5, 5.41) is 4.71. The molecule has 0 saturated carbocycles. The fraction of sp³-hybridized carbons (Fsp3) is 0.250. The molecule has 1 amide bonds. The first-order valence-electron chi connectivity index (χ1n) is 10.2. The van der Waals surface area contributed by atoms with Gasteiger partial charge in [-0.1, -0.05) is 35.5 Å². The van der Waals surface area contributed by atoms with Crippen LogP contribution in [0, 0.1) is 24.5 Å². The van der Waals surface area contributed by atoms with Crippen molar-refractivity contribution in [2.75, 3.05) is 13.1 Å². The van der Waals surface area contributed by atoms with Crippen LogP contribution in [0.15, 0.2) is 53.1 Å². The number of aromatic nitrogens is 1. The third kappa shape index (κ3) is 3.74. The van der Waals surface area contributed by atoms with E-state index in [0.29, 0.717) is 40.2 Å². The number of carbonyl (C=O) groups is 1. The summed E-state index contributed by atoms with van der Waals surface area (Å²) in [4.78, 5) is 16.1. The maximum absolute atomic E-state index is 14.0. The van der Waals surface area contributed by atoms with Crippen LogP contribution in [0.4, 0.5) is 8.78 Å². The number of amides is 1. The molecule has 4 nitrogen and oxygen atoms in total. The van der Waals surface area contributed by atoms with E-state index in [2.05, 4.69) is 5.16 Å². The lowest BCUT2D eigenvalue weighted by Gasteiger charge is -2.16. The van der Waals surface area contributed by atoms with Crippen LogP contribution in [-0.4, -0.2) is 29.1 Å². The van der Waals surface area contributed by atoms with E-state index in [1.807, 2.05) is 41.3 Å². The van der Waals surface area contributed by atoms with Gasteiger partial charge in [0.15, 0.2) is 0 Å². The van der Waals surface area contributed by atoms with Crippen molar-refractivity contribution < 1.29 is 19.5 Å². The number of carbonyl (C=O) groups excluding carboxylic acids is 1. The largest absolute Gasteiger partial charge is 0.360 e. The summed E-state index contributed by atoms with van der Waals surface area (Å²) in [5.74, 6) is -0.389. The van der Waals surface area contributed by atoms with Crippen LogP contribution in [-0.2, 0) is 6.42 Å². The molecule has 0 unspecified atom stereocenters. The number of nitrogens with zero attached hydrogens (tertiary/aromatic N) is 2. The molecular weight excluding hydrogens is 418 g/mol. The lowest BCUT2D eigenvalue weighted by Crippen LogP contribution is -2.29. The van der Waals surface area contributed by atoms with Gasteiger partial charge < -0.3 is 9.42 Å². The summed E-state index contributed by atoms with van der Waals surface area (Å²) < 4.78 is 33.3. The molecule has 1 fully saturated rings. The van der Waals surface area contributed by atoms with Crippen LogP contribution in [0.1, 0.15) is 28.8 Å². The van der Waals surface area contributed by atoms with Crippen molar-refractivity contribution in [2.24, 2.45) is 5.92 Å². The minimum atomic E-state index is -0.565. The van der Waals surface area contributed by atoms with Crippen molar-refractivity contribution in [3.8, 4) is 11.3 Å². The molecule has 3 heterocycles. The molecule has 5 rings (SSSR count). The van der Waals surface area contributed by atoms with Gasteiger partial charge in [0.2, 0.25) is 0 Å².